The van der Waals surface area contributed by atoms with Gasteiger partial charge in [0, 0.05) is 7.11 Å². The molecule has 0 amide bonds. The molecule has 0 saturated carbocycles. The molecule has 0 aliphatic heterocycles. The monoisotopic (exact) mass is 245 g/mol. The Labute approximate surface area is 95.4 Å². The molecule has 90 valence electrons. The molecular weight excluding hydrogens is 230 g/mol. The van der Waals surface area contributed by atoms with Crippen LogP contribution in [0.25, 0.3) is 0 Å². The highest BCUT2D eigenvalue weighted by Crippen LogP contribution is 2.23. The molecule has 0 aliphatic carbocycles. The summed E-state index contributed by atoms with van der Waals surface area (Å²) in [5, 5.41) is 0. The van der Waals surface area contributed by atoms with Gasteiger partial charge in [-0.1, -0.05) is 12.1 Å². The van der Waals surface area contributed by atoms with Gasteiger partial charge in [0.2, 0.25) is 10.0 Å². The van der Waals surface area contributed by atoms with Crippen LogP contribution in [0.15, 0.2) is 29.2 Å². The van der Waals surface area contributed by atoms with Crippen LogP contribution in [0.4, 0.5) is 0 Å². The summed E-state index contributed by atoms with van der Waals surface area (Å²) in [6.45, 7) is 1.68. The maximum atomic E-state index is 11.7. The van der Waals surface area contributed by atoms with Crippen molar-refractivity contribution in [3.63, 3.8) is 0 Å². The second-order valence-corrected chi connectivity index (χ2v) is 4.93. The standard InChI is InChI=1S/C10H15NO4S/c1-8(14-3)15-9-6-4-5-7-10(9)16(12,13)11-2/h4-8,11H,1-3H3. The van der Waals surface area contributed by atoms with Crippen LogP contribution in [-0.2, 0) is 14.8 Å². The highest BCUT2D eigenvalue weighted by atomic mass is 32.2. The third kappa shape index (κ3) is 2.94. The van der Waals surface area contributed by atoms with E-state index in [0.717, 1.165) is 0 Å². The van der Waals surface area contributed by atoms with Crippen LogP contribution in [0.5, 0.6) is 5.75 Å². The van der Waals surface area contributed by atoms with Gasteiger partial charge in [0.25, 0.3) is 0 Å². The van der Waals surface area contributed by atoms with Gasteiger partial charge in [0.1, 0.15) is 10.6 Å². The Bertz CT molecular complexity index is 444. The summed E-state index contributed by atoms with van der Waals surface area (Å²) in [4.78, 5) is 0.0985. The highest BCUT2D eigenvalue weighted by Gasteiger charge is 2.18. The van der Waals surface area contributed by atoms with Crippen molar-refractivity contribution in [2.24, 2.45) is 0 Å². The molecule has 1 atom stereocenters. The zero-order valence-electron chi connectivity index (χ0n) is 9.43. The number of nitrogens with one attached hydrogen (secondary N) is 1. The van der Waals surface area contributed by atoms with Gasteiger partial charge in [-0.2, -0.15) is 0 Å². The van der Waals surface area contributed by atoms with Crippen molar-refractivity contribution < 1.29 is 17.9 Å². The van der Waals surface area contributed by atoms with Crippen molar-refractivity contribution in [1.29, 1.82) is 0 Å². The van der Waals surface area contributed by atoms with E-state index in [9.17, 15) is 8.42 Å². The molecule has 0 saturated heterocycles. The van der Waals surface area contributed by atoms with E-state index in [1.165, 1.54) is 20.2 Å². The number of methoxy groups -OCH3 is 1. The van der Waals surface area contributed by atoms with Crippen molar-refractivity contribution in [2.45, 2.75) is 18.1 Å². The molecule has 1 rings (SSSR count). The van der Waals surface area contributed by atoms with Crippen LogP contribution in [-0.4, -0.2) is 28.9 Å². The van der Waals surface area contributed by atoms with Crippen molar-refractivity contribution in [3.8, 4) is 5.75 Å². The van der Waals surface area contributed by atoms with Gasteiger partial charge in [-0.3, -0.25) is 0 Å². The smallest absolute Gasteiger partial charge is 0.243 e. The Morgan fingerprint density at radius 2 is 1.94 bits per heavy atom. The SMILES string of the molecule is CNS(=O)(=O)c1ccccc1OC(C)OC. The van der Waals surface area contributed by atoms with E-state index in [4.69, 9.17) is 9.47 Å². The first-order valence-electron chi connectivity index (χ1n) is 4.73. The van der Waals surface area contributed by atoms with Gasteiger partial charge in [0.15, 0.2) is 6.29 Å². The maximum absolute atomic E-state index is 11.7. The van der Waals surface area contributed by atoms with Crippen molar-refractivity contribution in [1.82, 2.24) is 4.72 Å². The zero-order chi connectivity index (χ0) is 12.2. The lowest BCUT2D eigenvalue weighted by Gasteiger charge is -2.15. The van der Waals surface area contributed by atoms with E-state index < -0.39 is 16.3 Å². The number of rotatable bonds is 5. The summed E-state index contributed by atoms with van der Waals surface area (Å²) in [6.07, 6.45) is -0.506. The predicted molar refractivity (Wildman–Crippen MR) is 59.8 cm³/mol. The van der Waals surface area contributed by atoms with Gasteiger partial charge >= 0.3 is 0 Å². The second-order valence-electron chi connectivity index (χ2n) is 3.08. The number of hydrogen-bond acceptors (Lipinski definition) is 4. The van der Waals surface area contributed by atoms with E-state index in [1.807, 2.05) is 0 Å². The van der Waals surface area contributed by atoms with Crippen LogP contribution < -0.4 is 9.46 Å². The van der Waals surface area contributed by atoms with E-state index >= 15 is 0 Å². The van der Waals surface area contributed by atoms with Crippen LogP contribution in [0, 0.1) is 0 Å². The molecule has 16 heavy (non-hydrogen) atoms. The number of para-hydroxylation sites is 1. The maximum Gasteiger partial charge on any atom is 0.243 e. The van der Waals surface area contributed by atoms with E-state index in [-0.39, 0.29) is 10.6 Å². The first-order valence-corrected chi connectivity index (χ1v) is 6.21. The topological polar surface area (TPSA) is 64.6 Å². The average Bonchev–Trinajstić information content (AvgIpc) is 2.29. The molecular formula is C10H15NO4S. The molecule has 6 heteroatoms. The number of hydrogen-bond donors (Lipinski definition) is 1. The fourth-order valence-corrected chi connectivity index (χ4v) is 1.97. The van der Waals surface area contributed by atoms with Crippen LogP contribution >= 0.6 is 0 Å². The van der Waals surface area contributed by atoms with Gasteiger partial charge in [-0.25, -0.2) is 13.1 Å². The third-order valence-corrected chi connectivity index (χ3v) is 3.49. The highest BCUT2D eigenvalue weighted by molar-refractivity contribution is 7.89. The fraction of sp³-hybridized carbons (Fsp3) is 0.400. The van der Waals surface area contributed by atoms with Crippen molar-refractivity contribution in [3.05, 3.63) is 24.3 Å². The molecule has 1 aromatic rings. The predicted octanol–water partition coefficient (Wildman–Crippen LogP) is 0.966. The summed E-state index contributed by atoms with van der Waals surface area (Å²) in [5.41, 5.74) is 0. The Morgan fingerprint density at radius 1 is 1.31 bits per heavy atom. The summed E-state index contributed by atoms with van der Waals surface area (Å²) in [7, 11) is -0.674. The first kappa shape index (κ1) is 13.0. The number of sulfonamides is 1. The summed E-state index contributed by atoms with van der Waals surface area (Å²) in [6, 6.07) is 6.39. The fourth-order valence-electron chi connectivity index (χ4n) is 1.11. The van der Waals surface area contributed by atoms with Crippen LogP contribution in [0.3, 0.4) is 0 Å². The lowest BCUT2D eigenvalue weighted by molar-refractivity contribution is -0.0399. The van der Waals surface area contributed by atoms with Crippen molar-refractivity contribution >= 4 is 10.0 Å². The Morgan fingerprint density at radius 3 is 2.50 bits per heavy atom. The molecule has 1 N–H and O–H groups in total. The van der Waals surface area contributed by atoms with E-state index in [2.05, 4.69) is 4.72 Å². The molecule has 0 spiro atoms. The lowest BCUT2D eigenvalue weighted by Crippen LogP contribution is -2.21. The first-order chi connectivity index (χ1) is 7.51. The molecule has 0 aromatic heterocycles. The largest absolute Gasteiger partial charge is 0.464 e. The molecule has 0 bridgehead atoms. The Kier molecular flexibility index (Phi) is 4.28. The minimum absolute atomic E-state index is 0.0985. The Balaban J connectivity index is 3.11. The molecule has 1 unspecified atom stereocenters. The van der Waals surface area contributed by atoms with Crippen molar-refractivity contribution in [2.75, 3.05) is 14.2 Å². The Hall–Kier alpha value is -1.11. The quantitative estimate of drug-likeness (QED) is 0.785. The zero-order valence-corrected chi connectivity index (χ0v) is 10.2. The van der Waals surface area contributed by atoms with Crippen LogP contribution in [0.2, 0.25) is 0 Å². The average molecular weight is 245 g/mol. The van der Waals surface area contributed by atoms with Gasteiger partial charge in [-0.15, -0.1) is 0 Å². The third-order valence-electron chi connectivity index (χ3n) is 2.03. The van der Waals surface area contributed by atoms with Crippen LogP contribution in [0.1, 0.15) is 6.92 Å². The number of ether oxygens (including phenoxy) is 2. The minimum Gasteiger partial charge on any atom is -0.464 e. The number of benzene rings is 1. The minimum atomic E-state index is -3.51. The van der Waals surface area contributed by atoms with Gasteiger partial charge in [-0.05, 0) is 26.1 Å². The van der Waals surface area contributed by atoms with E-state index in [1.54, 1.807) is 25.1 Å². The lowest BCUT2D eigenvalue weighted by atomic mass is 10.3. The normalized spacial score (nSPS) is 13.4. The molecule has 1 aromatic carbocycles. The second kappa shape index (κ2) is 5.29. The summed E-state index contributed by atoms with van der Waals surface area (Å²) in [5.74, 6) is 0.270. The molecule has 0 aliphatic rings. The molecule has 0 radical (unpaired) electrons. The molecule has 0 fully saturated rings. The molecule has 0 heterocycles. The van der Waals surface area contributed by atoms with Gasteiger partial charge < -0.3 is 9.47 Å². The summed E-state index contributed by atoms with van der Waals surface area (Å²) >= 11 is 0. The van der Waals surface area contributed by atoms with Gasteiger partial charge in [0.05, 0.1) is 0 Å². The molecule has 5 nitrogen and oxygen atoms in total. The van der Waals surface area contributed by atoms with E-state index in [0.29, 0.717) is 0 Å². The summed E-state index contributed by atoms with van der Waals surface area (Å²) < 4.78 is 35.8.